The Morgan fingerprint density at radius 1 is 1.14 bits per heavy atom. The molecule has 22 heavy (non-hydrogen) atoms. The number of hydrogen-bond acceptors (Lipinski definition) is 3. The van der Waals surface area contributed by atoms with Gasteiger partial charge >= 0.3 is 0 Å². The first-order valence-corrected chi connectivity index (χ1v) is 7.93. The molecule has 0 saturated carbocycles. The van der Waals surface area contributed by atoms with Crippen LogP contribution in [-0.2, 0) is 0 Å². The molecule has 0 aliphatic heterocycles. The SMILES string of the molecule is Cc1cccc(C(=O)N(NC(=O)c2cccs2)C(C)(C)C)c1. The van der Waals surface area contributed by atoms with Crippen molar-refractivity contribution in [2.24, 2.45) is 0 Å². The minimum absolute atomic E-state index is 0.221. The topological polar surface area (TPSA) is 49.4 Å². The summed E-state index contributed by atoms with van der Waals surface area (Å²) < 4.78 is 0. The molecule has 0 atom stereocenters. The largest absolute Gasteiger partial charge is 0.279 e. The molecule has 0 aliphatic rings. The van der Waals surface area contributed by atoms with Crippen LogP contribution in [0.25, 0.3) is 0 Å². The number of nitrogens with one attached hydrogen (secondary N) is 1. The highest BCUT2D eigenvalue weighted by Crippen LogP contribution is 2.17. The molecule has 0 radical (unpaired) electrons. The molecule has 1 heterocycles. The Kier molecular flexibility index (Phi) is 4.66. The highest BCUT2D eigenvalue weighted by Gasteiger charge is 2.29. The lowest BCUT2D eigenvalue weighted by Crippen LogP contribution is -2.55. The van der Waals surface area contributed by atoms with Gasteiger partial charge in [0.2, 0.25) is 0 Å². The molecule has 116 valence electrons. The Morgan fingerprint density at radius 2 is 1.86 bits per heavy atom. The monoisotopic (exact) mass is 316 g/mol. The zero-order valence-electron chi connectivity index (χ0n) is 13.2. The van der Waals surface area contributed by atoms with Crippen molar-refractivity contribution in [3.05, 3.63) is 57.8 Å². The van der Waals surface area contributed by atoms with E-state index in [-0.39, 0.29) is 11.8 Å². The third kappa shape index (κ3) is 3.74. The quantitative estimate of drug-likeness (QED) is 0.860. The Balaban J connectivity index is 2.27. The number of hydrazine groups is 1. The molecule has 1 aromatic heterocycles. The summed E-state index contributed by atoms with van der Waals surface area (Å²) in [6.07, 6.45) is 0. The van der Waals surface area contributed by atoms with E-state index in [1.807, 2.05) is 57.3 Å². The number of nitrogens with zero attached hydrogens (tertiary/aromatic N) is 1. The molecule has 1 N–H and O–H groups in total. The van der Waals surface area contributed by atoms with Gasteiger partial charge in [-0.1, -0.05) is 23.8 Å². The fourth-order valence-electron chi connectivity index (χ4n) is 1.99. The van der Waals surface area contributed by atoms with E-state index in [9.17, 15) is 9.59 Å². The normalized spacial score (nSPS) is 11.1. The van der Waals surface area contributed by atoms with Crippen LogP contribution in [0.4, 0.5) is 0 Å². The summed E-state index contributed by atoms with van der Waals surface area (Å²) in [6.45, 7) is 7.59. The minimum Gasteiger partial charge on any atom is -0.267 e. The van der Waals surface area contributed by atoms with Gasteiger partial charge in [0.05, 0.1) is 10.4 Å². The molecular formula is C17H20N2O2S. The van der Waals surface area contributed by atoms with Gasteiger partial charge in [0.25, 0.3) is 11.8 Å². The van der Waals surface area contributed by atoms with E-state index in [0.29, 0.717) is 10.4 Å². The molecule has 2 aromatic rings. The first-order chi connectivity index (χ1) is 10.3. The van der Waals surface area contributed by atoms with Crippen molar-refractivity contribution < 1.29 is 9.59 Å². The lowest BCUT2D eigenvalue weighted by Gasteiger charge is -2.35. The smallest absolute Gasteiger partial charge is 0.267 e. The molecule has 2 amide bonds. The lowest BCUT2D eigenvalue weighted by molar-refractivity contribution is 0.0360. The van der Waals surface area contributed by atoms with Crippen LogP contribution in [-0.4, -0.2) is 22.4 Å². The molecule has 4 nitrogen and oxygen atoms in total. The number of hydrogen-bond donors (Lipinski definition) is 1. The van der Waals surface area contributed by atoms with Crippen LogP contribution in [0.3, 0.4) is 0 Å². The Morgan fingerprint density at radius 3 is 2.41 bits per heavy atom. The third-order valence-electron chi connectivity index (χ3n) is 3.10. The molecule has 0 saturated heterocycles. The van der Waals surface area contributed by atoms with E-state index in [4.69, 9.17) is 0 Å². The maximum atomic E-state index is 12.8. The number of aryl methyl sites for hydroxylation is 1. The van der Waals surface area contributed by atoms with Crippen LogP contribution in [0.15, 0.2) is 41.8 Å². The van der Waals surface area contributed by atoms with Crippen molar-refractivity contribution in [2.45, 2.75) is 33.2 Å². The van der Waals surface area contributed by atoms with Gasteiger partial charge in [-0.15, -0.1) is 11.3 Å². The highest BCUT2D eigenvalue weighted by molar-refractivity contribution is 7.12. The molecule has 0 bridgehead atoms. The van der Waals surface area contributed by atoms with Crippen molar-refractivity contribution in [3.8, 4) is 0 Å². The van der Waals surface area contributed by atoms with Gasteiger partial charge in [0, 0.05) is 5.56 Å². The molecule has 5 heteroatoms. The maximum Gasteiger partial charge on any atom is 0.279 e. The summed E-state index contributed by atoms with van der Waals surface area (Å²) in [5, 5.41) is 3.22. The van der Waals surface area contributed by atoms with Gasteiger partial charge < -0.3 is 0 Å². The van der Waals surface area contributed by atoms with Crippen LogP contribution in [0.2, 0.25) is 0 Å². The second-order valence-electron chi connectivity index (χ2n) is 6.10. The number of carbonyl (C=O) groups excluding carboxylic acids is 2. The first kappa shape index (κ1) is 16.2. The number of carbonyl (C=O) groups is 2. The lowest BCUT2D eigenvalue weighted by atomic mass is 10.1. The van der Waals surface area contributed by atoms with E-state index in [0.717, 1.165) is 5.56 Å². The summed E-state index contributed by atoms with van der Waals surface area (Å²) in [4.78, 5) is 25.6. The van der Waals surface area contributed by atoms with Gasteiger partial charge in [-0.05, 0) is 51.3 Å². The molecule has 2 rings (SSSR count). The third-order valence-corrected chi connectivity index (χ3v) is 3.97. The van der Waals surface area contributed by atoms with Crippen molar-refractivity contribution in [3.63, 3.8) is 0 Å². The number of thiophene rings is 1. The van der Waals surface area contributed by atoms with Crippen LogP contribution in [0.1, 0.15) is 46.4 Å². The number of amides is 2. The van der Waals surface area contributed by atoms with Gasteiger partial charge in [0.15, 0.2) is 0 Å². The molecule has 1 aromatic carbocycles. The first-order valence-electron chi connectivity index (χ1n) is 7.05. The summed E-state index contributed by atoms with van der Waals surface area (Å²) in [7, 11) is 0. The zero-order chi connectivity index (χ0) is 16.3. The maximum absolute atomic E-state index is 12.8. The van der Waals surface area contributed by atoms with E-state index in [1.165, 1.54) is 16.3 Å². The second kappa shape index (κ2) is 6.32. The predicted molar refractivity (Wildman–Crippen MR) is 88.9 cm³/mol. The van der Waals surface area contributed by atoms with E-state index < -0.39 is 5.54 Å². The predicted octanol–water partition coefficient (Wildman–Crippen LogP) is 3.64. The molecule has 0 aliphatic carbocycles. The van der Waals surface area contributed by atoms with Crippen LogP contribution < -0.4 is 5.43 Å². The van der Waals surface area contributed by atoms with Crippen molar-refractivity contribution in [2.75, 3.05) is 0 Å². The highest BCUT2D eigenvalue weighted by atomic mass is 32.1. The van der Waals surface area contributed by atoms with Gasteiger partial charge in [0.1, 0.15) is 0 Å². The fraction of sp³-hybridized carbons (Fsp3) is 0.294. The van der Waals surface area contributed by atoms with Gasteiger partial charge in [-0.3, -0.25) is 15.0 Å². The van der Waals surface area contributed by atoms with E-state index >= 15 is 0 Å². The summed E-state index contributed by atoms with van der Waals surface area (Å²) >= 11 is 1.34. The summed E-state index contributed by atoms with van der Waals surface area (Å²) in [5.74, 6) is -0.493. The number of rotatable bonds is 2. The van der Waals surface area contributed by atoms with E-state index in [1.54, 1.807) is 12.1 Å². The van der Waals surface area contributed by atoms with Gasteiger partial charge in [-0.25, -0.2) is 5.01 Å². The Labute approximate surface area is 134 Å². The van der Waals surface area contributed by atoms with Crippen LogP contribution >= 0.6 is 11.3 Å². The molecule has 0 spiro atoms. The summed E-state index contributed by atoms with van der Waals surface area (Å²) in [5.41, 5.74) is 3.76. The average Bonchev–Trinajstić information content (AvgIpc) is 2.96. The molecule has 0 unspecified atom stereocenters. The van der Waals surface area contributed by atoms with Crippen LogP contribution in [0, 0.1) is 6.92 Å². The van der Waals surface area contributed by atoms with Crippen molar-refractivity contribution >= 4 is 23.2 Å². The Bertz CT molecular complexity index is 672. The zero-order valence-corrected chi connectivity index (χ0v) is 14.0. The average molecular weight is 316 g/mol. The Hall–Kier alpha value is -2.14. The van der Waals surface area contributed by atoms with Crippen molar-refractivity contribution in [1.82, 2.24) is 10.4 Å². The van der Waals surface area contributed by atoms with Crippen molar-refractivity contribution in [1.29, 1.82) is 0 Å². The second-order valence-corrected chi connectivity index (χ2v) is 7.05. The number of benzene rings is 1. The molecule has 0 fully saturated rings. The minimum atomic E-state index is -0.534. The van der Waals surface area contributed by atoms with E-state index in [2.05, 4.69) is 5.43 Å². The summed E-state index contributed by atoms with van der Waals surface area (Å²) in [6, 6.07) is 10.9. The molecular weight excluding hydrogens is 296 g/mol. The van der Waals surface area contributed by atoms with Crippen LogP contribution in [0.5, 0.6) is 0 Å². The van der Waals surface area contributed by atoms with Gasteiger partial charge in [-0.2, -0.15) is 0 Å². The standard InChI is InChI=1S/C17H20N2O2S/c1-12-7-5-8-13(11-12)16(21)19(17(2,3)4)18-15(20)14-9-6-10-22-14/h5-11H,1-4H3,(H,18,20). The fourth-order valence-corrected chi connectivity index (χ4v) is 2.61.